The molecule has 1 atom stereocenters. The molecule has 0 aromatic heterocycles. The monoisotopic (exact) mass is 933 g/mol. The maximum Gasteiger partial charge on any atom is 0.306 e. The molecule has 392 valence electrons. The van der Waals surface area contributed by atoms with Crippen LogP contribution in [0.25, 0.3) is 0 Å². The molecule has 0 unspecified atom stereocenters. The van der Waals surface area contributed by atoms with Gasteiger partial charge in [-0.2, -0.15) is 0 Å². The molecule has 0 bridgehead atoms. The van der Waals surface area contributed by atoms with Gasteiger partial charge in [-0.05, 0) is 25.2 Å². The summed E-state index contributed by atoms with van der Waals surface area (Å²) in [7, 11) is 0. The van der Waals surface area contributed by atoms with E-state index in [9.17, 15) is 14.4 Å². The highest BCUT2D eigenvalue weighted by atomic mass is 16.6. The molecule has 0 N–H and O–H groups in total. The van der Waals surface area contributed by atoms with Crippen LogP contribution in [0, 0.1) is 5.92 Å². The van der Waals surface area contributed by atoms with Crippen LogP contribution in [0.5, 0.6) is 0 Å². The third kappa shape index (κ3) is 53.4. The Balaban J connectivity index is 4.28. The topological polar surface area (TPSA) is 78.9 Å². The fraction of sp³-hybridized carbons (Fsp3) is 0.950. The lowest BCUT2D eigenvalue weighted by Gasteiger charge is -2.18. The molecule has 6 nitrogen and oxygen atoms in total. The van der Waals surface area contributed by atoms with E-state index < -0.39 is 6.10 Å². The van der Waals surface area contributed by atoms with E-state index in [4.69, 9.17) is 14.2 Å². The molecule has 0 saturated carbocycles. The van der Waals surface area contributed by atoms with Gasteiger partial charge in [0.1, 0.15) is 13.2 Å². The summed E-state index contributed by atoms with van der Waals surface area (Å²) in [4.78, 5) is 38.2. The van der Waals surface area contributed by atoms with Crippen LogP contribution in [0.4, 0.5) is 0 Å². The van der Waals surface area contributed by atoms with Gasteiger partial charge in [-0.1, -0.05) is 304 Å². The van der Waals surface area contributed by atoms with E-state index >= 15 is 0 Å². The minimum atomic E-state index is -0.762. The summed E-state index contributed by atoms with van der Waals surface area (Å²) >= 11 is 0. The van der Waals surface area contributed by atoms with Crippen LogP contribution in [0.15, 0.2) is 0 Å². The average molecular weight is 934 g/mol. The molecule has 0 rings (SSSR count). The Morgan fingerprint density at radius 2 is 0.500 bits per heavy atom. The van der Waals surface area contributed by atoms with Crippen molar-refractivity contribution in [3.63, 3.8) is 0 Å². The van der Waals surface area contributed by atoms with Crippen LogP contribution < -0.4 is 0 Å². The van der Waals surface area contributed by atoms with Gasteiger partial charge in [0.25, 0.3) is 0 Å². The maximum absolute atomic E-state index is 12.9. The van der Waals surface area contributed by atoms with Crippen LogP contribution in [0.1, 0.15) is 342 Å². The molecule has 0 fully saturated rings. The first-order valence-corrected chi connectivity index (χ1v) is 29.9. The Bertz CT molecular complexity index is 996. The molecule has 0 aliphatic carbocycles. The van der Waals surface area contributed by atoms with Gasteiger partial charge in [0.2, 0.25) is 0 Å². The Morgan fingerprint density at radius 1 is 0.288 bits per heavy atom. The Kier molecular flexibility index (Phi) is 53.0. The van der Waals surface area contributed by atoms with Gasteiger partial charge in [-0.15, -0.1) is 0 Å². The van der Waals surface area contributed by atoms with E-state index in [0.29, 0.717) is 19.3 Å². The van der Waals surface area contributed by atoms with E-state index in [1.807, 2.05) is 0 Å². The van der Waals surface area contributed by atoms with Crippen molar-refractivity contribution in [2.75, 3.05) is 13.2 Å². The standard InChI is InChI=1S/C60H116O6/c1-5-7-9-11-13-15-17-19-21-22-23-24-25-27-33-37-41-45-49-53-60(63)66-57(54-64-58(61)51-47-43-39-35-31-26-20-18-16-14-12-10-8-6-2)55-65-59(62)52-48-44-40-36-32-29-28-30-34-38-42-46-50-56(3)4/h56-57H,5-55H2,1-4H3/t57-/m1/s1. The molecule has 0 radical (unpaired) electrons. The van der Waals surface area contributed by atoms with Crippen LogP contribution in [0.2, 0.25) is 0 Å². The van der Waals surface area contributed by atoms with Crippen molar-refractivity contribution in [1.82, 2.24) is 0 Å². The van der Waals surface area contributed by atoms with Crippen LogP contribution >= 0.6 is 0 Å². The SMILES string of the molecule is CCCCCCCCCCCCCCCCCCCCCC(=O)O[C@H](COC(=O)CCCCCCCCCCCCCCCC)COC(=O)CCCCCCCCCCCCCCC(C)C. The van der Waals surface area contributed by atoms with Gasteiger partial charge in [0.05, 0.1) is 0 Å². The summed E-state index contributed by atoms with van der Waals surface area (Å²) in [5.41, 5.74) is 0. The van der Waals surface area contributed by atoms with E-state index in [-0.39, 0.29) is 31.1 Å². The van der Waals surface area contributed by atoms with Crippen molar-refractivity contribution in [1.29, 1.82) is 0 Å². The molecule has 0 heterocycles. The lowest BCUT2D eigenvalue weighted by molar-refractivity contribution is -0.167. The molecular formula is C60H116O6. The van der Waals surface area contributed by atoms with Gasteiger partial charge in [-0.25, -0.2) is 0 Å². The zero-order valence-corrected chi connectivity index (χ0v) is 45.2. The second-order valence-electron chi connectivity index (χ2n) is 21.1. The Hall–Kier alpha value is -1.59. The van der Waals surface area contributed by atoms with Gasteiger partial charge in [0.15, 0.2) is 6.10 Å². The zero-order valence-electron chi connectivity index (χ0n) is 45.2. The normalized spacial score (nSPS) is 12.0. The Labute approximate surface area is 412 Å². The fourth-order valence-corrected chi connectivity index (χ4v) is 9.28. The number of esters is 3. The summed E-state index contributed by atoms with van der Waals surface area (Å²) in [6.07, 6.45) is 59.5. The summed E-state index contributed by atoms with van der Waals surface area (Å²) in [6.45, 7) is 9.07. The van der Waals surface area contributed by atoms with Crippen molar-refractivity contribution >= 4 is 17.9 Å². The van der Waals surface area contributed by atoms with Crippen LogP contribution in [-0.4, -0.2) is 37.2 Å². The van der Waals surface area contributed by atoms with Gasteiger partial charge in [0, 0.05) is 19.3 Å². The van der Waals surface area contributed by atoms with Crippen molar-refractivity contribution in [2.24, 2.45) is 5.92 Å². The summed E-state index contributed by atoms with van der Waals surface area (Å²) < 4.78 is 16.9. The molecule has 66 heavy (non-hydrogen) atoms. The van der Waals surface area contributed by atoms with Crippen LogP contribution in [-0.2, 0) is 28.6 Å². The van der Waals surface area contributed by atoms with Crippen molar-refractivity contribution in [3.8, 4) is 0 Å². The van der Waals surface area contributed by atoms with E-state index in [1.54, 1.807) is 0 Å². The highest BCUT2D eigenvalue weighted by Crippen LogP contribution is 2.18. The smallest absolute Gasteiger partial charge is 0.306 e. The number of ether oxygens (including phenoxy) is 3. The molecule has 0 aliphatic rings. The first-order valence-electron chi connectivity index (χ1n) is 29.9. The molecule has 0 aliphatic heterocycles. The highest BCUT2D eigenvalue weighted by Gasteiger charge is 2.19. The molecule has 6 heteroatoms. The first kappa shape index (κ1) is 64.4. The summed E-state index contributed by atoms with van der Waals surface area (Å²) in [5.74, 6) is 0.000599. The van der Waals surface area contributed by atoms with E-state index in [0.717, 1.165) is 63.7 Å². The predicted octanol–water partition coefficient (Wildman–Crippen LogP) is 19.8. The number of carbonyl (C=O) groups is 3. The lowest BCUT2D eigenvalue weighted by atomic mass is 10.0. The number of carbonyl (C=O) groups excluding carboxylic acids is 3. The third-order valence-corrected chi connectivity index (χ3v) is 13.8. The summed E-state index contributed by atoms with van der Waals surface area (Å²) in [6, 6.07) is 0. The van der Waals surface area contributed by atoms with Gasteiger partial charge >= 0.3 is 17.9 Å². The molecule has 0 aromatic carbocycles. The van der Waals surface area contributed by atoms with E-state index in [2.05, 4.69) is 27.7 Å². The largest absolute Gasteiger partial charge is 0.462 e. The molecule has 0 spiro atoms. The van der Waals surface area contributed by atoms with Crippen molar-refractivity contribution < 1.29 is 28.6 Å². The first-order chi connectivity index (χ1) is 32.4. The minimum Gasteiger partial charge on any atom is -0.462 e. The molecule has 0 saturated heterocycles. The van der Waals surface area contributed by atoms with Gasteiger partial charge in [-0.3, -0.25) is 14.4 Å². The lowest BCUT2D eigenvalue weighted by Crippen LogP contribution is -2.30. The number of unbranched alkanes of at least 4 members (excludes halogenated alkanes) is 42. The molecular weight excluding hydrogens is 817 g/mol. The Morgan fingerprint density at radius 3 is 0.742 bits per heavy atom. The fourth-order valence-electron chi connectivity index (χ4n) is 9.28. The predicted molar refractivity (Wildman–Crippen MR) is 284 cm³/mol. The quantitative estimate of drug-likeness (QED) is 0.0343. The molecule has 0 aromatic rings. The second kappa shape index (κ2) is 54.4. The maximum atomic E-state index is 12.9. The second-order valence-corrected chi connectivity index (χ2v) is 21.1. The average Bonchev–Trinajstić information content (AvgIpc) is 3.30. The highest BCUT2D eigenvalue weighted by molar-refractivity contribution is 5.71. The zero-order chi connectivity index (χ0) is 48.1. The summed E-state index contributed by atoms with van der Waals surface area (Å²) in [5, 5.41) is 0. The number of hydrogen-bond acceptors (Lipinski definition) is 6. The third-order valence-electron chi connectivity index (χ3n) is 13.8. The van der Waals surface area contributed by atoms with Crippen LogP contribution in [0.3, 0.4) is 0 Å². The van der Waals surface area contributed by atoms with Crippen molar-refractivity contribution in [2.45, 2.75) is 348 Å². The number of hydrogen-bond donors (Lipinski definition) is 0. The van der Waals surface area contributed by atoms with E-state index in [1.165, 1.54) is 238 Å². The molecule has 0 amide bonds. The van der Waals surface area contributed by atoms with Crippen molar-refractivity contribution in [3.05, 3.63) is 0 Å². The minimum absolute atomic E-state index is 0.0617. The van der Waals surface area contributed by atoms with Gasteiger partial charge < -0.3 is 14.2 Å². The number of rotatable bonds is 55.